The normalized spacial score (nSPS) is 28.0. The summed E-state index contributed by atoms with van der Waals surface area (Å²) in [7, 11) is 0. The maximum atomic E-state index is 12.4. The zero-order valence-corrected chi connectivity index (χ0v) is 14.2. The largest absolute Gasteiger partial charge is 0.396 e. The Kier molecular flexibility index (Phi) is 6.87. The molecule has 1 amide bonds. The Morgan fingerprint density at radius 1 is 1.35 bits per heavy atom. The van der Waals surface area contributed by atoms with E-state index in [2.05, 4.69) is 15.7 Å². The van der Waals surface area contributed by atoms with Crippen LogP contribution in [0.25, 0.3) is 0 Å². The average molecular weight is 343 g/mol. The number of halogens is 1. The van der Waals surface area contributed by atoms with Crippen molar-refractivity contribution in [3.8, 4) is 0 Å². The molecule has 23 heavy (non-hydrogen) atoms. The lowest BCUT2D eigenvalue weighted by Crippen LogP contribution is -2.43. The number of rotatable bonds is 4. The van der Waals surface area contributed by atoms with E-state index in [4.69, 9.17) is 0 Å². The van der Waals surface area contributed by atoms with Crippen LogP contribution in [0.4, 0.5) is 0 Å². The molecule has 1 aliphatic carbocycles. The Hall–Kier alpha value is -1.11. The molecule has 2 aliphatic rings. The van der Waals surface area contributed by atoms with Gasteiger partial charge >= 0.3 is 0 Å². The summed E-state index contributed by atoms with van der Waals surface area (Å²) in [6.45, 7) is 2.13. The zero-order chi connectivity index (χ0) is 15.4. The van der Waals surface area contributed by atoms with Gasteiger partial charge in [0.05, 0.1) is 6.04 Å². The fourth-order valence-electron chi connectivity index (χ4n) is 3.58. The highest BCUT2D eigenvalue weighted by molar-refractivity contribution is 5.92. The third-order valence-corrected chi connectivity index (χ3v) is 4.95. The molecule has 1 saturated heterocycles. The summed E-state index contributed by atoms with van der Waals surface area (Å²) in [4.78, 5) is 12.4. The number of aliphatic hydroxyl groups excluding tert-OH is 1. The van der Waals surface area contributed by atoms with Gasteiger partial charge in [-0.15, -0.1) is 12.4 Å². The molecule has 0 radical (unpaired) electrons. The van der Waals surface area contributed by atoms with Crippen LogP contribution in [0.2, 0.25) is 0 Å². The van der Waals surface area contributed by atoms with E-state index in [0.717, 1.165) is 51.6 Å². The maximum absolute atomic E-state index is 12.4. The van der Waals surface area contributed by atoms with E-state index >= 15 is 0 Å². The molecule has 3 unspecified atom stereocenters. The van der Waals surface area contributed by atoms with Crippen LogP contribution in [0.3, 0.4) is 0 Å². The highest BCUT2D eigenvalue weighted by atomic mass is 35.5. The van der Waals surface area contributed by atoms with Gasteiger partial charge in [-0.05, 0) is 38.3 Å². The molecule has 1 aromatic heterocycles. The van der Waals surface area contributed by atoms with Gasteiger partial charge in [-0.1, -0.05) is 12.8 Å². The SMILES string of the molecule is Cl.O=C(NC1CCCCC1CO)c1ccn(C2CCCNC2)n1. The smallest absolute Gasteiger partial charge is 0.272 e. The standard InChI is InChI=1S/C16H26N4O2.ClH/c21-11-12-4-1-2-6-14(12)18-16(22)15-7-9-20(19-15)13-5-3-8-17-10-13;/h7,9,12-14,17,21H,1-6,8,10-11H2,(H,18,22);1H. The number of aromatic nitrogens is 2. The number of piperidine rings is 1. The molecule has 0 aromatic carbocycles. The summed E-state index contributed by atoms with van der Waals surface area (Å²) in [6, 6.07) is 2.21. The van der Waals surface area contributed by atoms with E-state index in [1.165, 1.54) is 0 Å². The molecule has 6 nitrogen and oxygen atoms in total. The molecular formula is C16H27ClN4O2. The monoisotopic (exact) mass is 342 g/mol. The summed E-state index contributed by atoms with van der Waals surface area (Å²) >= 11 is 0. The van der Waals surface area contributed by atoms with Crippen LogP contribution in [0.1, 0.15) is 55.1 Å². The molecule has 3 atom stereocenters. The molecule has 7 heteroatoms. The number of amides is 1. The fraction of sp³-hybridized carbons (Fsp3) is 0.750. The highest BCUT2D eigenvalue weighted by Gasteiger charge is 2.27. The van der Waals surface area contributed by atoms with Gasteiger partial charge in [0.15, 0.2) is 0 Å². The van der Waals surface area contributed by atoms with Gasteiger partial charge in [0, 0.05) is 31.3 Å². The van der Waals surface area contributed by atoms with Gasteiger partial charge in [-0.25, -0.2) is 0 Å². The number of hydrogen-bond donors (Lipinski definition) is 3. The van der Waals surface area contributed by atoms with Crippen molar-refractivity contribution in [2.75, 3.05) is 19.7 Å². The van der Waals surface area contributed by atoms with Crippen molar-refractivity contribution in [3.63, 3.8) is 0 Å². The summed E-state index contributed by atoms with van der Waals surface area (Å²) in [5.41, 5.74) is 0.479. The molecular weight excluding hydrogens is 316 g/mol. The van der Waals surface area contributed by atoms with Gasteiger partial charge in [-0.3, -0.25) is 9.48 Å². The van der Waals surface area contributed by atoms with Gasteiger partial charge in [0.25, 0.3) is 5.91 Å². The Morgan fingerprint density at radius 2 is 2.17 bits per heavy atom. The van der Waals surface area contributed by atoms with E-state index in [9.17, 15) is 9.90 Å². The average Bonchev–Trinajstić information content (AvgIpc) is 3.06. The van der Waals surface area contributed by atoms with Crippen LogP contribution >= 0.6 is 12.4 Å². The molecule has 3 rings (SSSR count). The number of nitrogens with one attached hydrogen (secondary N) is 2. The highest BCUT2D eigenvalue weighted by Crippen LogP contribution is 2.24. The van der Waals surface area contributed by atoms with Crippen LogP contribution in [-0.2, 0) is 0 Å². The minimum Gasteiger partial charge on any atom is -0.396 e. The molecule has 1 aromatic rings. The lowest BCUT2D eigenvalue weighted by atomic mass is 9.85. The topological polar surface area (TPSA) is 79.2 Å². The minimum atomic E-state index is -0.118. The van der Waals surface area contributed by atoms with Gasteiger partial charge < -0.3 is 15.7 Å². The van der Waals surface area contributed by atoms with Crippen LogP contribution in [0.5, 0.6) is 0 Å². The molecule has 130 valence electrons. The van der Waals surface area contributed by atoms with Gasteiger partial charge in [-0.2, -0.15) is 5.10 Å². The van der Waals surface area contributed by atoms with Gasteiger partial charge in [0.1, 0.15) is 5.69 Å². The second-order valence-electron chi connectivity index (χ2n) is 6.49. The molecule has 1 aliphatic heterocycles. The van der Waals surface area contributed by atoms with E-state index in [1.54, 1.807) is 6.07 Å². The molecule has 1 saturated carbocycles. The quantitative estimate of drug-likeness (QED) is 0.775. The molecule has 2 heterocycles. The third-order valence-electron chi connectivity index (χ3n) is 4.95. The van der Waals surface area contributed by atoms with Crippen LogP contribution in [0.15, 0.2) is 12.3 Å². The molecule has 2 fully saturated rings. The third kappa shape index (κ3) is 4.46. The van der Waals surface area contributed by atoms with Crippen molar-refractivity contribution in [3.05, 3.63) is 18.0 Å². The first kappa shape index (κ1) is 18.2. The second kappa shape index (κ2) is 8.66. The molecule has 3 N–H and O–H groups in total. The first-order chi connectivity index (χ1) is 10.8. The van der Waals surface area contributed by atoms with Crippen LogP contribution in [0, 0.1) is 5.92 Å². The zero-order valence-electron chi connectivity index (χ0n) is 13.4. The summed E-state index contributed by atoms with van der Waals surface area (Å²) in [5.74, 6) is 0.0650. The first-order valence-electron chi connectivity index (χ1n) is 8.45. The summed E-state index contributed by atoms with van der Waals surface area (Å²) in [5, 5.41) is 20.3. The van der Waals surface area contributed by atoms with E-state index in [1.807, 2.05) is 10.9 Å². The Balaban J connectivity index is 0.00000192. The number of hydrogen-bond acceptors (Lipinski definition) is 4. The maximum Gasteiger partial charge on any atom is 0.272 e. The van der Waals surface area contributed by atoms with E-state index in [0.29, 0.717) is 11.7 Å². The summed E-state index contributed by atoms with van der Waals surface area (Å²) < 4.78 is 1.91. The Bertz CT molecular complexity index is 502. The van der Waals surface area contributed by atoms with Crippen molar-refractivity contribution in [2.45, 2.75) is 50.6 Å². The van der Waals surface area contributed by atoms with Crippen molar-refractivity contribution < 1.29 is 9.90 Å². The van der Waals surface area contributed by atoms with Crippen LogP contribution in [-0.4, -0.2) is 46.5 Å². The Labute approximate surface area is 143 Å². The molecule has 0 spiro atoms. The van der Waals surface area contributed by atoms with Crippen molar-refractivity contribution in [2.24, 2.45) is 5.92 Å². The van der Waals surface area contributed by atoms with E-state index in [-0.39, 0.29) is 36.9 Å². The Morgan fingerprint density at radius 3 is 2.91 bits per heavy atom. The van der Waals surface area contributed by atoms with Crippen molar-refractivity contribution in [1.82, 2.24) is 20.4 Å². The predicted octanol–water partition coefficient (Wildman–Crippen LogP) is 1.51. The molecule has 0 bridgehead atoms. The number of carbonyl (C=O) groups excluding carboxylic acids is 1. The first-order valence-corrected chi connectivity index (χ1v) is 8.45. The fourth-order valence-corrected chi connectivity index (χ4v) is 3.58. The second-order valence-corrected chi connectivity index (χ2v) is 6.49. The lowest BCUT2D eigenvalue weighted by Gasteiger charge is -2.30. The van der Waals surface area contributed by atoms with Crippen molar-refractivity contribution >= 4 is 18.3 Å². The number of carbonyl (C=O) groups is 1. The van der Waals surface area contributed by atoms with Crippen LogP contribution < -0.4 is 10.6 Å². The minimum absolute atomic E-state index is 0. The van der Waals surface area contributed by atoms with Crippen molar-refractivity contribution in [1.29, 1.82) is 0 Å². The lowest BCUT2D eigenvalue weighted by molar-refractivity contribution is 0.0866. The van der Waals surface area contributed by atoms with E-state index < -0.39 is 0 Å². The van der Waals surface area contributed by atoms with Gasteiger partial charge in [0.2, 0.25) is 0 Å². The number of aliphatic hydroxyl groups is 1. The predicted molar refractivity (Wildman–Crippen MR) is 90.9 cm³/mol. The number of nitrogens with zero attached hydrogens (tertiary/aromatic N) is 2. The summed E-state index contributed by atoms with van der Waals surface area (Å²) in [6.07, 6.45) is 8.34.